The maximum absolute atomic E-state index is 12.6. The molecule has 1 amide bonds. The van der Waals surface area contributed by atoms with Gasteiger partial charge in [-0.25, -0.2) is 0 Å². The Bertz CT molecular complexity index is 644. The van der Waals surface area contributed by atoms with E-state index in [1.807, 2.05) is 13.0 Å². The van der Waals surface area contributed by atoms with Gasteiger partial charge in [0.2, 0.25) is 0 Å². The number of nitrogens with zero attached hydrogens (tertiary/aromatic N) is 1. The summed E-state index contributed by atoms with van der Waals surface area (Å²) in [6.45, 7) is 7.39. The summed E-state index contributed by atoms with van der Waals surface area (Å²) in [7, 11) is 0. The van der Waals surface area contributed by atoms with E-state index in [1.54, 1.807) is 10.8 Å². The van der Waals surface area contributed by atoms with Crippen molar-refractivity contribution in [2.75, 3.05) is 6.54 Å². The zero-order chi connectivity index (χ0) is 17.5. The van der Waals surface area contributed by atoms with Crippen molar-refractivity contribution < 1.29 is 4.79 Å². The number of rotatable bonds is 7. The summed E-state index contributed by atoms with van der Waals surface area (Å²) in [6, 6.07) is 1.86. The van der Waals surface area contributed by atoms with Crippen LogP contribution in [0.4, 0.5) is 0 Å². The predicted molar refractivity (Wildman–Crippen MR) is 98.3 cm³/mol. The van der Waals surface area contributed by atoms with Gasteiger partial charge in [0.25, 0.3) is 11.5 Å². The molecule has 1 aliphatic carbocycles. The van der Waals surface area contributed by atoms with Gasteiger partial charge in [-0.1, -0.05) is 26.0 Å². The molecule has 1 aliphatic rings. The molecule has 1 unspecified atom stereocenters. The van der Waals surface area contributed by atoms with E-state index in [0.29, 0.717) is 30.5 Å². The smallest absolute Gasteiger partial charge is 0.263 e. The van der Waals surface area contributed by atoms with Gasteiger partial charge in [-0.15, -0.1) is 0 Å². The first-order valence-electron chi connectivity index (χ1n) is 9.12. The van der Waals surface area contributed by atoms with Crippen molar-refractivity contribution in [3.8, 4) is 0 Å². The molecule has 0 bridgehead atoms. The van der Waals surface area contributed by atoms with Crippen LogP contribution in [-0.2, 0) is 6.54 Å². The topological polar surface area (TPSA) is 51.1 Å². The number of hydrogen-bond donors (Lipinski definition) is 1. The second-order valence-electron chi connectivity index (χ2n) is 7.25. The van der Waals surface area contributed by atoms with Crippen molar-refractivity contribution >= 4 is 5.91 Å². The Morgan fingerprint density at radius 2 is 2.17 bits per heavy atom. The van der Waals surface area contributed by atoms with Gasteiger partial charge < -0.3 is 9.88 Å². The maximum atomic E-state index is 12.6. The van der Waals surface area contributed by atoms with Crippen LogP contribution < -0.4 is 10.9 Å². The molecule has 0 spiro atoms. The van der Waals surface area contributed by atoms with Gasteiger partial charge >= 0.3 is 0 Å². The molecular weight excluding hydrogens is 300 g/mol. The van der Waals surface area contributed by atoms with Gasteiger partial charge in [0, 0.05) is 19.3 Å². The van der Waals surface area contributed by atoms with Gasteiger partial charge in [-0.2, -0.15) is 0 Å². The van der Waals surface area contributed by atoms with Gasteiger partial charge in [0.1, 0.15) is 5.56 Å². The van der Waals surface area contributed by atoms with Crippen molar-refractivity contribution in [3.63, 3.8) is 0 Å². The Morgan fingerprint density at radius 3 is 2.83 bits per heavy atom. The first-order valence-corrected chi connectivity index (χ1v) is 9.12. The highest BCUT2D eigenvalue weighted by molar-refractivity contribution is 5.95. The van der Waals surface area contributed by atoms with E-state index >= 15 is 0 Å². The molecule has 1 aromatic heterocycles. The fraction of sp³-hybridized carbons (Fsp3) is 0.600. The van der Waals surface area contributed by atoms with Crippen LogP contribution in [0.3, 0.4) is 0 Å². The maximum Gasteiger partial charge on any atom is 0.263 e. The molecule has 0 saturated carbocycles. The number of allylic oxidation sites excluding steroid dienone is 2. The highest BCUT2D eigenvalue weighted by Gasteiger charge is 2.16. The first kappa shape index (κ1) is 18.5. The molecule has 1 heterocycles. The van der Waals surface area contributed by atoms with Crippen LogP contribution in [0.25, 0.3) is 0 Å². The fourth-order valence-electron chi connectivity index (χ4n) is 3.11. The summed E-state index contributed by atoms with van der Waals surface area (Å²) in [5.74, 6) is 0.942. The largest absolute Gasteiger partial charge is 0.352 e. The van der Waals surface area contributed by atoms with Crippen LogP contribution in [-0.4, -0.2) is 17.0 Å². The van der Waals surface area contributed by atoms with Crippen molar-refractivity contribution in [1.82, 2.24) is 9.88 Å². The van der Waals surface area contributed by atoms with Crippen LogP contribution in [0, 0.1) is 18.8 Å². The second kappa shape index (κ2) is 8.86. The minimum atomic E-state index is -0.234. The molecule has 132 valence electrons. The molecule has 0 fully saturated rings. The first-order chi connectivity index (χ1) is 11.5. The van der Waals surface area contributed by atoms with Crippen molar-refractivity contribution in [2.24, 2.45) is 11.8 Å². The Hall–Kier alpha value is -1.84. The average Bonchev–Trinajstić information content (AvgIpc) is 2.55. The van der Waals surface area contributed by atoms with Gasteiger partial charge in [0.05, 0.1) is 0 Å². The van der Waals surface area contributed by atoms with Gasteiger partial charge in [0.15, 0.2) is 0 Å². The highest BCUT2D eigenvalue weighted by atomic mass is 16.2. The molecule has 1 atom stereocenters. The van der Waals surface area contributed by atoms with Gasteiger partial charge in [-0.3, -0.25) is 9.59 Å². The molecule has 0 saturated heterocycles. The minimum Gasteiger partial charge on any atom is -0.352 e. The van der Waals surface area contributed by atoms with Crippen molar-refractivity contribution in [1.29, 1.82) is 0 Å². The molecule has 0 aromatic carbocycles. The SMILES string of the molecule is Cc1ccn(CCC(C)C)c(=O)c1C(=O)NCCC1CC=CCC1. The summed E-state index contributed by atoms with van der Waals surface area (Å²) >= 11 is 0. The molecular formula is C20H30N2O2. The standard InChI is InChI=1S/C20H30N2O2/c1-15(2)10-13-22-14-11-16(3)18(20(22)24)19(23)21-12-9-17-7-5-4-6-8-17/h4-5,11,14-15,17H,6-10,12-13H2,1-3H3,(H,21,23). The highest BCUT2D eigenvalue weighted by Crippen LogP contribution is 2.20. The number of nitrogens with one attached hydrogen (secondary N) is 1. The van der Waals surface area contributed by atoms with Crippen LogP contribution in [0.1, 0.15) is 61.9 Å². The third-order valence-electron chi connectivity index (χ3n) is 4.76. The number of carbonyl (C=O) groups excluding carboxylic acids is 1. The normalized spacial score (nSPS) is 17.2. The zero-order valence-corrected chi connectivity index (χ0v) is 15.2. The molecule has 0 aliphatic heterocycles. The lowest BCUT2D eigenvalue weighted by atomic mass is 9.91. The summed E-state index contributed by atoms with van der Waals surface area (Å²) in [6.07, 6.45) is 11.6. The zero-order valence-electron chi connectivity index (χ0n) is 15.2. The molecule has 2 rings (SSSR count). The Morgan fingerprint density at radius 1 is 1.38 bits per heavy atom. The summed E-state index contributed by atoms with van der Waals surface area (Å²) in [4.78, 5) is 25.1. The number of hydrogen-bond acceptors (Lipinski definition) is 2. The second-order valence-corrected chi connectivity index (χ2v) is 7.25. The van der Waals surface area contributed by atoms with E-state index in [9.17, 15) is 9.59 Å². The number of amides is 1. The van der Waals surface area contributed by atoms with E-state index in [4.69, 9.17) is 0 Å². The predicted octanol–water partition coefficient (Wildman–Crippen LogP) is 3.68. The number of pyridine rings is 1. The minimum absolute atomic E-state index is 0.172. The Balaban J connectivity index is 1.98. The van der Waals surface area contributed by atoms with Crippen LogP contribution in [0.2, 0.25) is 0 Å². The molecule has 24 heavy (non-hydrogen) atoms. The fourth-order valence-corrected chi connectivity index (χ4v) is 3.11. The van der Waals surface area contributed by atoms with E-state index in [2.05, 4.69) is 31.3 Å². The molecule has 1 N–H and O–H groups in total. The van der Waals surface area contributed by atoms with Crippen LogP contribution >= 0.6 is 0 Å². The van der Waals surface area contributed by atoms with Crippen LogP contribution in [0.5, 0.6) is 0 Å². The lowest BCUT2D eigenvalue weighted by Crippen LogP contribution is -2.35. The molecule has 4 nitrogen and oxygen atoms in total. The molecule has 4 heteroatoms. The van der Waals surface area contributed by atoms with E-state index in [0.717, 1.165) is 31.2 Å². The summed E-state index contributed by atoms with van der Waals surface area (Å²) < 4.78 is 1.66. The van der Waals surface area contributed by atoms with E-state index in [1.165, 1.54) is 6.42 Å². The number of aromatic nitrogens is 1. The van der Waals surface area contributed by atoms with Crippen LogP contribution in [0.15, 0.2) is 29.2 Å². The third kappa shape index (κ3) is 5.08. The number of carbonyl (C=O) groups is 1. The lowest BCUT2D eigenvalue weighted by molar-refractivity contribution is 0.0948. The Kier molecular flexibility index (Phi) is 6.83. The quantitative estimate of drug-likeness (QED) is 0.775. The number of aryl methyl sites for hydroxylation is 2. The van der Waals surface area contributed by atoms with Crippen molar-refractivity contribution in [3.05, 3.63) is 45.9 Å². The van der Waals surface area contributed by atoms with Crippen molar-refractivity contribution in [2.45, 2.75) is 59.4 Å². The summed E-state index contributed by atoms with van der Waals surface area (Å²) in [5.41, 5.74) is 0.873. The summed E-state index contributed by atoms with van der Waals surface area (Å²) in [5, 5.41) is 2.94. The van der Waals surface area contributed by atoms with E-state index < -0.39 is 0 Å². The van der Waals surface area contributed by atoms with Gasteiger partial charge in [-0.05, 0) is 62.5 Å². The average molecular weight is 330 g/mol. The molecule has 0 radical (unpaired) electrons. The molecule has 1 aromatic rings. The Labute approximate surface area is 145 Å². The monoisotopic (exact) mass is 330 g/mol. The lowest BCUT2D eigenvalue weighted by Gasteiger charge is -2.18. The third-order valence-corrected chi connectivity index (χ3v) is 4.76. The van der Waals surface area contributed by atoms with E-state index in [-0.39, 0.29) is 11.5 Å².